The number of sulfonamides is 1. The number of thiophene rings is 1. The van der Waals surface area contributed by atoms with Crippen LogP contribution < -0.4 is 10.2 Å². The summed E-state index contributed by atoms with van der Waals surface area (Å²) in [6, 6.07) is 11.5. The molecule has 6 nitrogen and oxygen atoms in total. The second kappa shape index (κ2) is 8.41. The van der Waals surface area contributed by atoms with Crippen LogP contribution in [0, 0.1) is 0 Å². The minimum absolute atomic E-state index is 0.00423. The molecule has 2 heterocycles. The molecule has 3 rings (SSSR count). The van der Waals surface area contributed by atoms with Gasteiger partial charge in [-0.15, -0.1) is 11.3 Å². The lowest BCUT2D eigenvalue weighted by atomic mass is 10.2. The van der Waals surface area contributed by atoms with Gasteiger partial charge < -0.3 is 10.2 Å². The average molecular weight is 408 g/mol. The predicted molar refractivity (Wildman–Crippen MR) is 109 cm³/mol. The quantitative estimate of drug-likeness (QED) is 0.799. The zero-order valence-electron chi connectivity index (χ0n) is 15.6. The smallest absolute Gasteiger partial charge is 0.262 e. The fourth-order valence-electron chi connectivity index (χ4n) is 3.02. The third-order valence-electron chi connectivity index (χ3n) is 4.80. The number of nitrogens with one attached hydrogen (secondary N) is 1. The molecule has 1 aliphatic rings. The lowest BCUT2D eigenvalue weighted by Crippen LogP contribution is -2.48. The van der Waals surface area contributed by atoms with Crippen molar-refractivity contribution in [2.75, 3.05) is 31.1 Å². The Morgan fingerprint density at radius 2 is 1.81 bits per heavy atom. The van der Waals surface area contributed by atoms with E-state index in [1.165, 1.54) is 21.7 Å². The van der Waals surface area contributed by atoms with Crippen LogP contribution in [-0.2, 0) is 10.0 Å². The van der Waals surface area contributed by atoms with Gasteiger partial charge in [-0.2, -0.15) is 4.31 Å². The Labute approximate surface area is 164 Å². The zero-order chi connectivity index (χ0) is 19.4. The first-order chi connectivity index (χ1) is 12.9. The van der Waals surface area contributed by atoms with Crippen molar-refractivity contribution in [2.45, 2.75) is 31.2 Å². The molecular formula is C19H25N3O3S2. The van der Waals surface area contributed by atoms with E-state index in [-0.39, 0.29) is 21.7 Å². The summed E-state index contributed by atoms with van der Waals surface area (Å²) in [4.78, 5) is 15.0. The maximum absolute atomic E-state index is 13.1. The molecule has 1 aromatic heterocycles. The Morgan fingerprint density at radius 3 is 2.44 bits per heavy atom. The highest BCUT2D eigenvalue weighted by Crippen LogP contribution is 2.27. The second-order valence-electron chi connectivity index (χ2n) is 6.62. The van der Waals surface area contributed by atoms with Crippen LogP contribution in [0.4, 0.5) is 5.69 Å². The van der Waals surface area contributed by atoms with Crippen molar-refractivity contribution in [1.82, 2.24) is 9.62 Å². The molecule has 0 saturated carbocycles. The lowest BCUT2D eigenvalue weighted by molar-refractivity contribution is 0.0940. The molecule has 8 heteroatoms. The summed E-state index contributed by atoms with van der Waals surface area (Å²) in [5.74, 6) is -0.319. The van der Waals surface area contributed by atoms with Gasteiger partial charge in [0.05, 0.1) is 0 Å². The molecule has 0 aliphatic carbocycles. The van der Waals surface area contributed by atoms with Gasteiger partial charge >= 0.3 is 0 Å². The Hall–Kier alpha value is -1.90. The van der Waals surface area contributed by atoms with Crippen molar-refractivity contribution < 1.29 is 13.2 Å². The van der Waals surface area contributed by atoms with E-state index in [1.54, 1.807) is 5.38 Å². The van der Waals surface area contributed by atoms with Crippen molar-refractivity contribution in [1.29, 1.82) is 0 Å². The number of carbonyl (C=O) groups excluding carboxylic acids is 1. The normalized spacial score (nSPS) is 16.9. The number of benzene rings is 1. The SMILES string of the molecule is CCC(C)NC(=O)c1sccc1S(=O)(=O)N1CCN(c2ccccc2)CC1. The minimum Gasteiger partial charge on any atom is -0.369 e. The first-order valence-corrected chi connectivity index (χ1v) is 11.4. The van der Waals surface area contributed by atoms with Crippen LogP contribution in [0.15, 0.2) is 46.7 Å². The molecule has 1 atom stereocenters. The van der Waals surface area contributed by atoms with Crippen LogP contribution >= 0.6 is 11.3 Å². The summed E-state index contributed by atoms with van der Waals surface area (Å²) >= 11 is 1.17. The highest BCUT2D eigenvalue weighted by atomic mass is 32.2. The first-order valence-electron chi connectivity index (χ1n) is 9.12. The summed E-state index contributed by atoms with van der Waals surface area (Å²) in [7, 11) is -3.69. The first kappa shape index (κ1) is 19.9. The van der Waals surface area contributed by atoms with Gasteiger partial charge in [0.25, 0.3) is 5.91 Å². The number of anilines is 1. The molecule has 0 bridgehead atoms. The Bertz CT molecular complexity index is 873. The third kappa shape index (κ3) is 4.34. The van der Waals surface area contributed by atoms with Gasteiger partial charge in [-0.05, 0) is 36.9 Å². The molecule has 1 fully saturated rings. The van der Waals surface area contributed by atoms with Gasteiger partial charge in [0.2, 0.25) is 10.0 Å². The average Bonchev–Trinajstić information content (AvgIpc) is 3.19. The Balaban J connectivity index is 1.73. The van der Waals surface area contributed by atoms with Crippen molar-refractivity contribution in [3.63, 3.8) is 0 Å². The Morgan fingerprint density at radius 1 is 1.15 bits per heavy atom. The molecule has 1 N–H and O–H groups in total. The van der Waals surface area contributed by atoms with Gasteiger partial charge in [0.15, 0.2) is 0 Å². The number of hydrogen-bond acceptors (Lipinski definition) is 5. The Kier molecular flexibility index (Phi) is 6.18. The molecule has 0 radical (unpaired) electrons. The number of carbonyl (C=O) groups is 1. The zero-order valence-corrected chi connectivity index (χ0v) is 17.2. The van der Waals surface area contributed by atoms with Gasteiger partial charge in [0, 0.05) is 37.9 Å². The highest BCUT2D eigenvalue weighted by Gasteiger charge is 2.32. The molecule has 1 amide bonds. The molecular weight excluding hydrogens is 382 g/mol. The molecule has 0 spiro atoms. The van der Waals surface area contributed by atoms with Crippen LogP contribution in [0.1, 0.15) is 29.9 Å². The van der Waals surface area contributed by atoms with Crippen molar-refractivity contribution in [3.05, 3.63) is 46.7 Å². The number of hydrogen-bond donors (Lipinski definition) is 1. The fraction of sp³-hybridized carbons (Fsp3) is 0.421. The standard InChI is InChI=1S/C19H25N3O3S2/c1-3-15(2)20-19(23)18-17(9-14-26-18)27(24,25)22-12-10-21(11-13-22)16-7-5-4-6-8-16/h4-9,14-15H,3,10-13H2,1-2H3,(H,20,23). The molecule has 1 aliphatic heterocycles. The lowest BCUT2D eigenvalue weighted by Gasteiger charge is -2.35. The van der Waals surface area contributed by atoms with E-state index in [0.29, 0.717) is 26.2 Å². The maximum Gasteiger partial charge on any atom is 0.262 e. The summed E-state index contributed by atoms with van der Waals surface area (Å²) < 4.78 is 27.7. The second-order valence-corrected chi connectivity index (χ2v) is 9.45. The molecule has 2 aromatic rings. The van der Waals surface area contributed by atoms with Crippen LogP contribution in [0.5, 0.6) is 0 Å². The number of rotatable bonds is 6. The van der Waals surface area contributed by atoms with Crippen LogP contribution in [0.3, 0.4) is 0 Å². The van der Waals surface area contributed by atoms with E-state index < -0.39 is 10.0 Å². The van der Waals surface area contributed by atoms with Crippen LogP contribution in [0.25, 0.3) is 0 Å². The number of para-hydroxylation sites is 1. The molecule has 27 heavy (non-hydrogen) atoms. The number of amides is 1. The van der Waals surface area contributed by atoms with Gasteiger partial charge in [0.1, 0.15) is 9.77 Å². The van der Waals surface area contributed by atoms with E-state index in [0.717, 1.165) is 12.1 Å². The van der Waals surface area contributed by atoms with E-state index in [4.69, 9.17) is 0 Å². The van der Waals surface area contributed by atoms with E-state index in [2.05, 4.69) is 10.2 Å². The number of piperazine rings is 1. The molecule has 146 valence electrons. The largest absolute Gasteiger partial charge is 0.369 e. The summed E-state index contributed by atoms with van der Waals surface area (Å²) in [6.07, 6.45) is 0.792. The van der Waals surface area contributed by atoms with Gasteiger partial charge in [-0.25, -0.2) is 8.42 Å². The monoisotopic (exact) mass is 407 g/mol. The summed E-state index contributed by atoms with van der Waals surface area (Å²) in [6.45, 7) is 5.94. The van der Waals surface area contributed by atoms with Crippen LogP contribution in [-0.4, -0.2) is 50.9 Å². The van der Waals surface area contributed by atoms with Crippen molar-refractivity contribution in [2.24, 2.45) is 0 Å². The number of nitrogens with zero attached hydrogens (tertiary/aromatic N) is 2. The molecule has 1 unspecified atom stereocenters. The summed E-state index contributed by atoms with van der Waals surface area (Å²) in [5, 5.41) is 4.52. The topological polar surface area (TPSA) is 69.7 Å². The maximum atomic E-state index is 13.1. The van der Waals surface area contributed by atoms with Crippen molar-refractivity contribution in [3.8, 4) is 0 Å². The van der Waals surface area contributed by atoms with Gasteiger partial charge in [-0.1, -0.05) is 25.1 Å². The summed E-state index contributed by atoms with van der Waals surface area (Å²) in [5.41, 5.74) is 1.10. The van der Waals surface area contributed by atoms with Gasteiger partial charge in [-0.3, -0.25) is 4.79 Å². The molecule has 1 saturated heterocycles. The third-order valence-corrected chi connectivity index (χ3v) is 7.79. The van der Waals surface area contributed by atoms with Crippen molar-refractivity contribution >= 4 is 33.0 Å². The molecule has 1 aromatic carbocycles. The van der Waals surface area contributed by atoms with E-state index >= 15 is 0 Å². The van der Waals surface area contributed by atoms with Crippen LogP contribution in [0.2, 0.25) is 0 Å². The van der Waals surface area contributed by atoms with E-state index in [1.807, 2.05) is 44.2 Å². The van der Waals surface area contributed by atoms with E-state index in [9.17, 15) is 13.2 Å². The predicted octanol–water partition coefficient (Wildman–Crippen LogP) is 2.79. The minimum atomic E-state index is -3.69. The fourth-order valence-corrected chi connectivity index (χ4v) is 5.75. The highest BCUT2D eigenvalue weighted by molar-refractivity contribution is 7.89.